The van der Waals surface area contributed by atoms with Gasteiger partial charge < -0.3 is 24.9 Å². The molecule has 3 aliphatic rings. The van der Waals surface area contributed by atoms with E-state index in [9.17, 15) is 4.79 Å². The molecule has 3 fully saturated rings. The summed E-state index contributed by atoms with van der Waals surface area (Å²) in [5.74, 6) is -0.0274. The molecule has 2 unspecified atom stereocenters. The molecule has 5 rings (SSSR count). The lowest BCUT2D eigenvalue weighted by molar-refractivity contribution is 0.0463. The molecule has 2 N–H and O–H groups in total. The fraction of sp³-hybridized carbons (Fsp3) is 0.652. The third-order valence-electron chi connectivity index (χ3n) is 7.39. The Kier molecular flexibility index (Phi) is 5.41. The van der Waals surface area contributed by atoms with Crippen LogP contribution in [0, 0.1) is 0 Å². The number of amides is 1. The fourth-order valence-corrected chi connectivity index (χ4v) is 5.62. The van der Waals surface area contributed by atoms with Gasteiger partial charge in [-0.2, -0.15) is 4.98 Å². The molecule has 7 nitrogen and oxygen atoms in total. The van der Waals surface area contributed by atoms with Gasteiger partial charge in [0.1, 0.15) is 5.52 Å². The summed E-state index contributed by atoms with van der Waals surface area (Å²) >= 11 is 0. The number of rotatable bonds is 4. The van der Waals surface area contributed by atoms with Crippen molar-refractivity contribution in [3.63, 3.8) is 0 Å². The van der Waals surface area contributed by atoms with Gasteiger partial charge in [-0.05, 0) is 51.3 Å². The van der Waals surface area contributed by atoms with Gasteiger partial charge in [-0.25, -0.2) is 0 Å². The number of oxazole rings is 1. The van der Waals surface area contributed by atoms with Gasteiger partial charge in [0.25, 0.3) is 11.9 Å². The van der Waals surface area contributed by atoms with Gasteiger partial charge in [0, 0.05) is 43.8 Å². The molecule has 2 bridgehead atoms. The topological polar surface area (TPSA) is 73.6 Å². The standard InChI is InChI=1S/C23H33N5O2/c1-3-16-14-24-10-11-28(16)23-26-21-19(8-5-9-20(21)30-23)22(29)25-15-12-17-6-4-7-18(13-15)27(17)2/h5,8-9,15-18,24H,3-4,6-7,10-14H2,1-2H3,(H,25,29)/t15?,16-,17?,18?/m0/s1. The molecule has 2 aromatic rings. The number of para-hydroxylation sites is 1. The van der Waals surface area contributed by atoms with E-state index >= 15 is 0 Å². The number of carbonyl (C=O) groups excluding carboxylic acids is 1. The van der Waals surface area contributed by atoms with E-state index in [1.807, 2.05) is 18.2 Å². The number of anilines is 1. The first-order valence-electron chi connectivity index (χ1n) is 11.5. The van der Waals surface area contributed by atoms with Gasteiger partial charge in [0.15, 0.2) is 5.58 Å². The normalized spacial score (nSPS) is 29.9. The minimum absolute atomic E-state index is 0.0274. The second-order valence-corrected chi connectivity index (χ2v) is 9.15. The fourth-order valence-electron chi connectivity index (χ4n) is 5.62. The summed E-state index contributed by atoms with van der Waals surface area (Å²) in [4.78, 5) is 22.7. The van der Waals surface area contributed by atoms with Gasteiger partial charge in [-0.3, -0.25) is 4.79 Å². The summed E-state index contributed by atoms with van der Waals surface area (Å²) < 4.78 is 6.10. The molecule has 4 heterocycles. The molecule has 0 spiro atoms. The maximum absolute atomic E-state index is 13.2. The van der Waals surface area contributed by atoms with E-state index in [-0.39, 0.29) is 11.9 Å². The maximum Gasteiger partial charge on any atom is 0.298 e. The highest BCUT2D eigenvalue weighted by atomic mass is 16.4. The molecule has 1 amide bonds. The maximum atomic E-state index is 13.2. The van der Waals surface area contributed by atoms with Crippen LogP contribution in [-0.4, -0.2) is 66.6 Å². The first kappa shape index (κ1) is 19.8. The third-order valence-corrected chi connectivity index (χ3v) is 7.39. The number of nitrogens with zero attached hydrogens (tertiary/aromatic N) is 3. The number of benzene rings is 1. The van der Waals surface area contributed by atoms with Crippen LogP contribution in [0.2, 0.25) is 0 Å². The summed E-state index contributed by atoms with van der Waals surface area (Å²) in [6.07, 6.45) is 6.90. The summed E-state index contributed by atoms with van der Waals surface area (Å²) in [6, 6.07) is 8.09. The first-order chi connectivity index (χ1) is 14.6. The number of piperidine rings is 2. The van der Waals surface area contributed by atoms with Crippen LogP contribution in [0.3, 0.4) is 0 Å². The Morgan fingerprint density at radius 3 is 2.87 bits per heavy atom. The molecule has 1 aromatic carbocycles. The van der Waals surface area contributed by atoms with Gasteiger partial charge in [0.05, 0.1) is 5.56 Å². The highest BCUT2D eigenvalue weighted by Gasteiger charge is 2.36. The Labute approximate surface area is 178 Å². The minimum atomic E-state index is -0.0274. The van der Waals surface area contributed by atoms with Crippen molar-refractivity contribution >= 4 is 23.0 Å². The zero-order valence-corrected chi connectivity index (χ0v) is 18.1. The monoisotopic (exact) mass is 411 g/mol. The smallest absolute Gasteiger partial charge is 0.298 e. The zero-order chi connectivity index (χ0) is 20.7. The van der Waals surface area contributed by atoms with Crippen LogP contribution < -0.4 is 15.5 Å². The van der Waals surface area contributed by atoms with Crippen molar-refractivity contribution in [3.05, 3.63) is 23.8 Å². The lowest BCUT2D eigenvalue weighted by Gasteiger charge is -2.47. The number of fused-ring (bicyclic) bond motifs is 3. The van der Waals surface area contributed by atoms with Crippen molar-refractivity contribution in [1.82, 2.24) is 20.5 Å². The predicted molar refractivity (Wildman–Crippen MR) is 118 cm³/mol. The van der Waals surface area contributed by atoms with Crippen molar-refractivity contribution < 1.29 is 9.21 Å². The molecule has 7 heteroatoms. The van der Waals surface area contributed by atoms with Crippen molar-refractivity contribution in [2.75, 3.05) is 31.6 Å². The summed E-state index contributed by atoms with van der Waals surface area (Å²) in [6.45, 7) is 4.90. The van der Waals surface area contributed by atoms with E-state index in [0.29, 0.717) is 40.8 Å². The first-order valence-corrected chi connectivity index (χ1v) is 11.5. The van der Waals surface area contributed by atoms with Gasteiger partial charge >= 0.3 is 0 Å². The Balaban J connectivity index is 1.36. The molecule has 30 heavy (non-hydrogen) atoms. The Hall–Kier alpha value is -2.12. The largest absolute Gasteiger partial charge is 0.423 e. The SMILES string of the molecule is CC[C@H]1CNCCN1c1nc2c(C(=O)NC3CC4CCCC(C3)N4C)cccc2o1. The highest BCUT2D eigenvalue weighted by molar-refractivity contribution is 6.04. The van der Waals surface area contributed by atoms with E-state index in [1.165, 1.54) is 19.3 Å². The lowest BCUT2D eigenvalue weighted by Crippen LogP contribution is -2.55. The molecule has 162 valence electrons. The van der Waals surface area contributed by atoms with Gasteiger partial charge in [-0.1, -0.05) is 19.4 Å². The van der Waals surface area contributed by atoms with Crippen molar-refractivity contribution in [2.45, 2.75) is 69.6 Å². The zero-order valence-electron chi connectivity index (χ0n) is 18.1. The summed E-state index contributed by atoms with van der Waals surface area (Å²) in [5, 5.41) is 6.75. The molecular formula is C23H33N5O2. The lowest BCUT2D eigenvalue weighted by atomic mass is 9.82. The van der Waals surface area contributed by atoms with Gasteiger partial charge in [-0.15, -0.1) is 0 Å². The molecule has 3 atom stereocenters. The summed E-state index contributed by atoms with van der Waals surface area (Å²) in [7, 11) is 2.24. The Morgan fingerprint density at radius 1 is 1.30 bits per heavy atom. The van der Waals surface area contributed by atoms with Crippen molar-refractivity contribution in [1.29, 1.82) is 0 Å². The predicted octanol–water partition coefficient (Wildman–Crippen LogP) is 2.76. The highest BCUT2D eigenvalue weighted by Crippen LogP contribution is 2.33. The quantitative estimate of drug-likeness (QED) is 0.806. The Morgan fingerprint density at radius 2 is 2.10 bits per heavy atom. The minimum Gasteiger partial charge on any atom is -0.423 e. The van der Waals surface area contributed by atoms with Crippen molar-refractivity contribution in [2.24, 2.45) is 0 Å². The van der Waals surface area contributed by atoms with Crippen LogP contribution in [0.5, 0.6) is 0 Å². The van der Waals surface area contributed by atoms with E-state index in [0.717, 1.165) is 38.9 Å². The third kappa shape index (κ3) is 3.58. The second-order valence-electron chi connectivity index (χ2n) is 9.15. The molecule has 0 radical (unpaired) electrons. The summed E-state index contributed by atoms with van der Waals surface area (Å²) in [5.41, 5.74) is 1.98. The number of piperazine rings is 1. The second kappa shape index (κ2) is 8.19. The molecule has 0 saturated carbocycles. The average molecular weight is 412 g/mol. The number of carbonyl (C=O) groups is 1. The van der Waals surface area contributed by atoms with Crippen molar-refractivity contribution in [3.8, 4) is 0 Å². The molecule has 1 aromatic heterocycles. The van der Waals surface area contributed by atoms with E-state index in [2.05, 4.69) is 34.4 Å². The van der Waals surface area contributed by atoms with Crippen LogP contribution in [0.1, 0.15) is 55.8 Å². The average Bonchev–Trinajstić information content (AvgIpc) is 3.18. The van der Waals surface area contributed by atoms with Gasteiger partial charge in [0.2, 0.25) is 0 Å². The van der Waals surface area contributed by atoms with E-state index in [1.54, 1.807) is 0 Å². The van der Waals surface area contributed by atoms with Crippen LogP contribution in [0.15, 0.2) is 22.6 Å². The van der Waals surface area contributed by atoms with Crippen LogP contribution in [0.4, 0.5) is 6.01 Å². The molecular weight excluding hydrogens is 378 g/mol. The Bertz CT molecular complexity index is 898. The van der Waals surface area contributed by atoms with E-state index in [4.69, 9.17) is 9.40 Å². The van der Waals surface area contributed by atoms with Crippen LogP contribution in [0.25, 0.3) is 11.1 Å². The number of hydrogen-bond donors (Lipinski definition) is 2. The number of hydrogen-bond acceptors (Lipinski definition) is 6. The molecule has 0 aliphatic carbocycles. The van der Waals surface area contributed by atoms with Crippen LogP contribution in [-0.2, 0) is 0 Å². The molecule has 3 saturated heterocycles. The van der Waals surface area contributed by atoms with E-state index < -0.39 is 0 Å². The number of nitrogens with one attached hydrogen (secondary N) is 2. The van der Waals surface area contributed by atoms with Crippen LogP contribution >= 0.6 is 0 Å². The number of aromatic nitrogens is 1. The molecule has 3 aliphatic heterocycles.